The Hall–Kier alpha value is -1.47. The number of carbonyl (C=O) groups excluding carboxylic acids is 2. The zero-order chi connectivity index (χ0) is 11.7. The van der Waals surface area contributed by atoms with E-state index in [1.54, 1.807) is 0 Å². The zero-order valence-corrected chi connectivity index (χ0v) is 9.36. The van der Waals surface area contributed by atoms with Crippen LogP contribution in [0.25, 0.3) is 0 Å². The number of nitrogens with zero attached hydrogens (tertiary/aromatic N) is 2. The zero-order valence-electron chi connectivity index (χ0n) is 8.54. The average Bonchev–Trinajstić information content (AvgIpc) is 2.83. The maximum Gasteiger partial charge on any atom is 0.351 e. The molecular formula is C9H10N2O4S. The van der Waals surface area contributed by atoms with Gasteiger partial charge in [-0.15, -0.1) is 11.3 Å². The summed E-state index contributed by atoms with van der Waals surface area (Å²) in [6, 6.07) is 0. The van der Waals surface area contributed by atoms with Gasteiger partial charge in [0.25, 0.3) is 0 Å². The number of aliphatic hydroxyl groups excluding tert-OH is 1. The standard InChI is InChI=1S/C9H10N2O4S/c1-15-9(14)7-8(10-4-16-7)11-3-5(12)2-6(11)13/h4-5,12H,2-3H2,1H3. The third-order valence-corrected chi connectivity index (χ3v) is 3.08. The van der Waals surface area contributed by atoms with Crippen LogP contribution in [0.15, 0.2) is 5.51 Å². The van der Waals surface area contributed by atoms with Crippen LogP contribution in [0.4, 0.5) is 5.82 Å². The lowest BCUT2D eigenvalue weighted by atomic mass is 10.3. The molecule has 2 rings (SSSR count). The molecule has 1 aliphatic heterocycles. The molecule has 1 saturated heterocycles. The number of esters is 1. The van der Waals surface area contributed by atoms with Gasteiger partial charge in [0.15, 0.2) is 10.7 Å². The molecule has 0 radical (unpaired) electrons. The first-order chi connectivity index (χ1) is 7.63. The smallest absolute Gasteiger partial charge is 0.351 e. The Morgan fingerprint density at radius 3 is 3.06 bits per heavy atom. The van der Waals surface area contributed by atoms with Crippen LogP contribution >= 0.6 is 11.3 Å². The van der Waals surface area contributed by atoms with E-state index >= 15 is 0 Å². The maximum atomic E-state index is 11.5. The van der Waals surface area contributed by atoms with Crippen molar-refractivity contribution in [2.45, 2.75) is 12.5 Å². The monoisotopic (exact) mass is 242 g/mol. The van der Waals surface area contributed by atoms with Gasteiger partial charge in [-0.2, -0.15) is 0 Å². The summed E-state index contributed by atoms with van der Waals surface area (Å²) in [5.74, 6) is -0.478. The van der Waals surface area contributed by atoms with E-state index in [-0.39, 0.29) is 29.6 Å². The Morgan fingerprint density at radius 2 is 2.50 bits per heavy atom. The first-order valence-electron chi connectivity index (χ1n) is 4.63. The summed E-state index contributed by atoms with van der Waals surface area (Å²) in [7, 11) is 1.27. The summed E-state index contributed by atoms with van der Waals surface area (Å²) in [4.78, 5) is 28.5. The Balaban J connectivity index is 2.31. The fourth-order valence-electron chi connectivity index (χ4n) is 1.56. The number of hydrogen-bond acceptors (Lipinski definition) is 6. The lowest BCUT2D eigenvalue weighted by Gasteiger charge is -2.13. The fraction of sp³-hybridized carbons (Fsp3) is 0.444. The van der Waals surface area contributed by atoms with Gasteiger partial charge in [-0.3, -0.25) is 9.69 Å². The van der Waals surface area contributed by atoms with Gasteiger partial charge in [0.05, 0.1) is 31.7 Å². The number of amides is 1. The fourth-order valence-corrected chi connectivity index (χ4v) is 2.26. The van der Waals surface area contributed by atoms with E-state index in [1.807, 2.05) is 0 Å². The molecule has 0 spiro atoms. The Bertz CT molecular complexity index is 431. The Kier molecular flexibility index (Phi) is 2.88. The second-order valence-corrected chi connectivity index (χ2v) is 4.21. The molecule has 86 valence electrons. The number of aromatic nitrogens is 1. The Labute approximate surface area is 95.5 Å². The van der Waals surface area contributed by atoms with E-state index in [2.05, 4.69) is 9.72 Å². The summed E-state index contributed by atoms with van der Waals surface area (Å²) >= 11 is 1.11. The van der Waals surface area contributed by atoms with Crippen molar-refractivity contribution < 1.29 is 19.4 Å². The van der Waals surface area contributed by atoms with Gasteiger partial charge in [-0.05, 0) is 0 Å². The largest absolute Gasteiger partial charge is 0.465 e. The first kappa shape index (κ1) is 11.0. The van der Waals surface area contributed by atoms with Gasteiger partial charge in [-0.25, -0.2) is 9.78 Å². The highest BCUT2D eigenvalue weighted by Gasteiger charge is 2.33. The molecule has 0 bridgehead atoms. The van der Waals surface area contributed by atoms with Gasteiger partial charge in [0, 0.05) is 0 Å². The van der Waals surface area contributed by atoms with Crippen molar-refractivity contribution in [2.24, 2.45) is 0 Å². The summed E-state index contributed by atoms with van der Waals surface area (Å²) in [6.07, 6.45) is -0.627. The van der Waals surface area contributed by atoms with E-state index in [0.717, 1.165) is 11.3 Å². The molecule has 0 aliphatic carbocycles. The lowest BCUT2D eigenvalue weighted by Crippen LogP contribution is -2.27. The van der Waals surface area contributed by atoms with Crippen LogP contribution in [0.3, 0.4) is 0 Å². The molecule has 1 aliphatic rings. The van der Waals surface area contributed by atoms with Crippen LogP contribution in [0, 0.1) is 0 Å². The maximum absolute atomic E-state index is 11.5. The number of carbonyl (C=O) groups is 2. The summed E-state index contributed by atoms with van der Waals surface area (Å²) < 4.78 is 4.59. The summed E-state index contributed by atoms with van der Waals surface area (Å²) in [6.45, 7) is 0.173. The molecule has 2 heterocycles. The van der Waals surface area contributed by atoms with Crippen LogP contribution in [-0.2, 0) is 9.53 Å². The lowest BCUT2D eigenvalue weighted by molar-refractivity contribution is -0.117. The number of ether oxygens (including phenoxy) is 1. The van der Waals surface area contributed by atoms with Crippen molar-refractivity contribution >= 4 is 29.0 Å². The second kappa shape index (κ2) is 4.18. The number of hydrogen-bond donors (Lipinski definition) is 1. The average molecular weight is 242 g/mol. The quantitative estimate of drug-likeness (QED) is 0.740. The van der Waals surface area contributed by atoms with E-state index in [4.69, 9.17) is 0 Å². The molecule has 16 heavy (non-hydrogen) atoms. The van der Waals surface area contributed by atoms with Gasteiger partial charge in [0.2, 0.25) is 5.91 Å². The van der Waals surface area contributed by atoms with E-state index in [1.165, 1.54) is 17.5 Å². The van der Waals surface area contributed by atoms with E-state index in [9.17, 15) is 14.7 Å². The molecule has 1 fully saturated rings. The third kappa shape index (κ3) is 1.79. The molecule has 1 aromatic heterocycles. The van der Waals surface area contributed by atoms with Crippen LogP contribution < -0.4 is 4.90 Å². The number of aliphatic hydroxyl groups is 1. The number of thiazole rings is 1. The number of methoxy groups -OCH3 is 1. The van der Waals surface area contributed by atoms with Crippen LogP contribution in [-0.4, -0.2) is 41.7 Å². The highest BCUT2D eigenvalue weighted by molar-refractivity contribution is 7.12. The molecular weight excluding hydrogens is 232 g/mol. The second-order valence-electron chi connectivity index (χ2n) is 3.36. The normalized spacial score (nSPS) is 20.2. The predicted molar refractivity (Wildman–Crippen MR) is 56.4 cm³/mol. The van der Waals surface area contributed by atoms with Gasteiger partial charge >= 0.3 is 5.97 Å². The molecule has 1 aromatic rings. The van der Waals surface area contributed by atoms with Crippen LogP contribution in [0.2, 0.25) is 0 Å². The Morgan fingerprint density at radius 1 is 1.75 bits per heavy atom. The molecule has 6 nitrogen and oxygen atoms in total. The highest BCUT2D eigenvalue weighted by atomic mass is 32.1. The van der Waals surface area contributed by atoms with Crippen molar-refractivity contribution in [3.05, 3.63) is 10.4 Å². The van der Waals surface area contributed by atoms with Gasteiger partial charge in [0.1, 0.15) is 0 Å². The highest BCUT2D eigenvalue weighted by Crippen LogP contribution is 2.27. The van der Waals surface area contributed by atoms with E-state index < -0.39 is 12.1 Å². The summed E-state index contributed by atoms with van der Waals surface area (Å²) in [5.41, 5.74) is 1.47. The first-order valence-corrected chi connectivity index (χ1v) is 5.51. The number of anilines is 1. The van der Waals surface area contributed by atoms with Crippen LogP contribution in [0.5, 0.6) is 0 Å². The van der Waals surface area contributed by atoms with Crippen molar-refractivity contribution in [1.82, 2.24) is 4.98 Å². The third-order valence-electron chi connectivity index (χ3n) is 2.28. The topological polar surface area (TPSA) is 79.7 Å². The summed E-state index contributed by atoms with van der Waals surface area (Å²) in [5, 5.41) is 9.35. The minimum absolute atomic E-state index is 0.0676. The molecule has 0 aromatic carbocycles. The predicted octanol–water partition coefficient (Wildman–Crippen LogP) is 0.0273. The molecule has 1 unspecified atom stereocenters. The SMILES string of the molecule is COC(=O)c1scnc1N1CC(O)CC1=O. The number of rotatable bonds is 2. The van der Waals surface area contributed by atoms with Crippen LogP contribution in [0.1, 0.15) is 16.1 Å². The van der Waals surface area contributed by atoms with Gasteiger partial charge in [-0.1, -0.05) is 0 Å². The molecule has 0 saturated carbocycles. The van der Waals surface area contributed by atoms with Crippen molar-refractivity contribution in [1.29, 1.82) is 0 Å². The molecule has 1 amide bonds. The minimum Gasteiger partial charge on any atom is -0.465 e. The van der Waals surface area contributed by atoms with Crippen molar-refractivity contribution in [3.63, 3.8) is 0 Å². The molecule has 1 N–H and O–H groups in total. The van der Waals surface area contributed by atoms with Crippen molar-refractivity contribution in [3.8, 4) is 0 Å². The van der Waals surface area contributed by atoms with Crippen molar-refractivity contribution in [2.75, 3.05) is 18.6 Å². The minimum atomic E-state index is -0.695. The molecule has 7 heteroatoms. The van der Waals surface area contributed by atoms with E-state index in [0.29, 0.717) is 0 Å². The van der Waals surface area contributed by atoms with Gasteiger partial charge < -0.3 is 9.84 Å². The molecule has 1 atom stereocenters. The number of β-amino-alcohol motifs (C(OH)–C–C–N with tert-alkyl or cyclic N) is 1.